The average molecular weight is 208 g/mol. The molecule has 15 heavy (non-hydrogen) atoms. The van der Waals surface area contributed by atoms with Gasteiger partial charge >= 0.3 is 0 Å². The summed E-state index contributed by atoms with van der Waals surface area (Å²) in [5, 5.41) is 0. The summed E-state index contributed by atoms with van der Waals surface area (Å²) >= 11 is 0. The summed E-state index contributed by atoms with van der Waals surface area (Å²) in [5.74, 6) is 1.33. The van der Waals surface area contributed by atoms with Gasteiger partial charge in [-0.05, 0) is 12.3 Å². The lowest BCUT2D eigenvalue weighted by Crippen LogP contribution is -2.25. The van der Waals surface area contributed by atoms with Crippen molar-refractivity contribution in [3.05, 3.63) is 16.7 Å². The molecule has 0 radical (unpaired) electrons. The third kappa shape index (κ3) is 1.82. The molecule has 1 atom stereocenters. The number of nitrogens with zero attached hydrogens (tertiary/aromatic N) is 2. The minimum atomic E-state index is -0.250. The Kier molecular flexibility index (Phi) is 2.62. The SMILES string of the molecule is CCC1CCN(c2nc[nH]c(=O)c2N)C1. The van der Waals surface area contributed by atoms with E-state index in [2.05, 4.69) is 21.8 Å². The number of rotatable bonds is 2. The molecule has 1 aromatic rings. The van der Waals surface area contributed by atoms with Crippen molar-refractivity contribution in [1.82, 2.24) is 9.97 Å². The maximum Gasteiger partial charge on any atom is 0.276 e. The summed E-state index contributed by atoms with van der Waals surface area (Å²) in [6, 6.07) is 0. The molecule has 1 aliphatic heterocycles. The zero-order chi connectivity index (χ0) is 10.8. The topological polar surface area (TPSA) is 75.0 Å². The Bertz CT molecular complexity index is 401. The molecule has 0 saturated carbocycles. The van der Waals surface area contributed by atoms with Crippen molar-refractivity contribution in [1.29, 1.82) is 0 Å². The maximum absolute atomic E-state index is 11.3. The van der Waals surface area contributed by atoms with Crippen LogP contribution < -0.4 is 16.2 Å². The minimum Gasteiger partial charge on any atom is -0.391 e. The molecule has 82 valence electrons. The summed E-state index contributed by atoms with van der Waals surface area (Å²) in [4.78, 5) is 20.0. The first-order valence-electron chi connectivity index (χ1n) is 5.30. The molecule has 1 unspecified atom stereocenters. The van der Waals surface area contributed by atoms with E-state index < -0.39 is 0 Å². The number of nitrogens with one attached hydrogen (secondary N) is 1. The minimum absolute atomic E-state index is 0.231. The molecule has 3 N–H and O–H groups in total. The van der Waals surface area contributed by atoms with Gasteiger partial charge in [-0.2, -0.15) is 0 Å². The van der Waals surface area contributed by atoms with Crippen molar-refractivity contribution in [2.24, 2.45) is 5.92 Å². The van der Waals surface area contributed by atoms with Crippen LogP contribution in [0.2, 0.25) is 0 Å². The van der Waals surface area contributed by atoms with Crippen LogP contribution in [0.1, 0.15) is 19.8 Å². The molecular weight excluding hydrogens is 192 g/mol. The molecule has 0 aromatic carbocycles. The van der Waals surface area contributed by atoms with Gasteiger partial charge in [-0.3, -0.25) is 4.79 Å². The highest BCUT2D eigenvalue weighted by Crippen LogP contribution is 2.25. The monoisotopic (exact) mass is 208 g/mol. The molecule has 0 aliphatic carbocycles. The molecule has 2 rings (SSSR count). The molecule has 0 bridgehead atoms. The lowest BCUT2D eigenvalue weighted by molar-refractivity contribution is 0.569. The van der Waals surface area contributed by atoms with Crippen LogP contribution in [-0.4, -0.2) is 23.1 Å². The summed E-state index contributed by atoms with van der Waals surface area (Å²) in [6.45, 7) is 4.08. The molecule has 5 heteroatoms. The zero-order valence-electron chi connectivity index (χ0n) is 8.86. The van der Waals surface area contributed by atoms with Gasteiger partial charge in [-0.1, -0.05) is 13.3 Å². The highest BCUT2D eigenvalue weighted by Gasteiger charge is 2.23. The predicted octanol–water partition coefficient (Wildman–Crippen LogP) is 0.588. The smallest absolute Gasteiger partial charge is 0.276 e. The first kappa shape index (κ1) is 10.0. The van der Waals surface area contributed by atoms with Gasteiger partial charge in [0.1, 0.15) is 5.69 Å². The van der Waals surface area contributed by atoms with Gasteiger partial charge in [0, 0.05) is 13.1 Å². The van der Waals surface area contributed by atoms with Crippen molar-refractivity contribution in [2.75, 3.05) is 23.7 Å². The summed E-state index contributed by atoms with van der Waals surface area (Å²) < 4.78 is 0. The molecular formula is C10H16N4O. The van der Waals surface area contributed by atoms with Crippen LogP contribution in [0.15, 0.2) is 11.1 Å². The molecule has 5 nitrogen and oxygen atoms in total. The Labute approximate surface area is 88.3 Å². The van der Waals surface area contributed by atoms with Crippen molar-refractivity contribution in [2.45, 2.75) is 19.8 Å². The summed E-state index contributed by atoms with van der Waals surface area (Å²) in [6.07, 6.45) is 3.73. The largest absolute Gasteiger partial charge is 0.391 e. The molecule has 0 amide bonds. The lowest BCUT2D eigenvalue weighted by Gasteiger charge is -2.17. The number of H-pyrrole nitrogens is 1. The van der Waals surface area contributed by atoms with Crippen LogP contribution in [0.5, 0.6) is 0 Å². The Morgan fingerprint density at radius 3 is 3.20 bits per heavy atom. The standard InChI is InChI=1S/C10H16N4O/c1-2-7-3-4-14(5-7)9-8(11)10(15)13-6-12-9/h6-7H,2-5,11H2,1H3,(H,12,13,15). The molecule has 1 fully saturated rings. The van der Waals surface area contributed by atoms with Crippen LogP contribution in [0, 0.1) is 5.92 Å². The third-order valence-electron chi connectivity index (χ3n) is 3.03. The zero-order valence-corrected chi connectivity index (χ0v) is 8.86. The number of hydrogen-bond acceptors (Lipinski definition) is 4. The van der Waals surface area contributed by atoms with Gasteiger partial charge in [0.2, 0.25) is 0 Å². The first-order valence-corrected chi connectivity index (χ1v) is 5.30. The van der Waals surface area contributed by atoms with Crippen LogP contribution in [0.25, 0.3) is 0 Å². The van der Waals surface area contributed by atoms with Gasteiger partial charge in [0.15, 0.2) is 5.82 Å². The fraction of sp³-hybridized carbons (Fsp3) is 0.600. The van der Waals surface area contributed by atoms with Crippen molar-refractivity contribution >= 4 is 11.5 Å². The van der Waals surface area contributed by atoms with E-state index >= 15 is 0 Å². The van der Waals surface area contributed by atoms with Crippen LogP contribution >= 0.6 is 0 Å². The van der Waals surface area contributed by atoms with Gasteiger partial charge < -0.3 is 15.6 Å². The second kappa shape index (κ2) is 3.92. The second-order valence-corrected chi connectivity index (χ2v) is 3.98. The van der Waals surface area contributed by atoms with E-state index in [0.717, 1.165) is 19.5 Å². The van der Waals surface area contributed by atoms with Crippen molar-refractivity contribution < 1.29 is 0 Å². The van der Waals surface area contributed by atoms with Gasteiger partial charge in [0.05, 0.1) is 6.33 Å². The third-order valence-corrected chi connectivity index (χ3v) is 3.03. The molecule has 1 saturated heterocycles. The fourth-order valence-electron chi connectivity index (χ4n) is 2.01. The maximum atomic E-state index is 11.3. The average Bonchev–Trinajstić information content (AvgIpc) is 2.70. The number of aromatic amines is 1. The quantitative estimate of drug-likeness (QED) is 0.745. The van der Waals surface area contributed by atoms with Gasteiger partial charge in [-0.25, -0.2) is 4.98 Å². The van der Waals surface area contributed by atoms with Crippen molar-refractivity contribution in [3.8, 4) is 0 Å². The highest BCUT2D eigenvalue weighted by atomic mass is 16.1. The van der Waals surface area contributed by atoms with Crippen LogP contribution in [-0.2, 0) is 0 Å². The van der Waals surface area contributed by atoms with Gasteiger partial charge in [0.25, 0.3) is 5.56 Å². The highest BCUT2D eigenvalue weighted by molar-refractivity contribution is 5.61. The van der Waals surface area contributed by atoms with E-state index in [1.54, 1.807) is 0 Å². The normalized spacial score (nSPS) is 20.9. The second-order valence-electron chi connectivity index (χ2n) is 3.98. The summed E-state index contributed by atoms with van der Waals surface area (Å²) in [7, 11) is 0. The molecule has 1 aliphatic rings. The Hall–Kier alpha value is -1.52. The Morgan fingerprint density at radius 2 is 2.53 bits per heavy atom. The lowest BCUT2D eigenvalue weighted by atomic mass is 10.1. The molecule has 0 spiro atoms. The summed E-state index contributed by atoms with van der Waals surface area (Å²) in [5.41, 5.74) is 5.68. The van der Waals surface area contributed by atoms with E-state index in [4.69, 9.17) is 5.73 Å². The van der Waals surface area contributed by atoms with Crippen LogP contribution in [0.3, 0.4) is 0 Å². The fourth-order valence-corrected chi connectivity index (χ4v) is 2.01. The van der Waals surface area contributed by atoms with E-state index in [-0.39, 0.29) is 11.2 Å². The first-order chi connectivity index (χ1) is 7.22. The molecule has 2 heterocycles. The number of nitrogens with two attached hydrogens (primary N) is 1. The van der Waals surface area contributed by atoms with E-state index in [0.29, 0.717) is 11.7 Å². The number of nitrogen functional groups attached to an aromatic ring is 1. The van der Waals surface area contributed by atoms with Gasteiger partial charge in [-0.15, -0.1) is 0 Å². The van der Waals surface area contributed by atoms with Crippen molar-refractivity contribution in [3.63, 3.8) is 0 Å². The number of aromatic nitrogens is 2. The Balaban J connectivity index is 2.24. The van der Waals surface area contributed by atoms with E-state index in [1.165, 1.54) is 12.7 Å². The molecule has 1 aromatic heterocycles. The number of anilines is 2. The number of hydrogen-bond donors (Lipinski definition) is 2. The van der Waals surface area contributed by atoms with Crippen LogP contribution in [0.4, 0.5) is 11.5 Å². The van der Waals surface area contributed by atoms with E-state index in [1.807, 2.05) is 0 Å². The van der Waals surface area contributed by atoms with E-state index in [9.17, 15) is 4.79 Å². The predicted molar refractivity (Wildman–Crippen MR) is 59.9 cm³/mol. The Morgan fingerprint density at radius 1 is 1.73 bits per heavy atom.